The molecule has 2 aromatic heterocycles. The van der Waals surface area contributed by atoms with Gasteiger partial charge in [0.2, 0.25) is 5.56 Å². The molecule has 0 spiro atoms. The Balaban J connectivity index is 1.37. The van der Waals surface area contributed by atoms with Crippen molar-refractivity contribution in [3.8, 4) is 11.4 Å². The van der Waals surface area contributed by atoms with E-state index in [0.717, 1.165) is 36.7 Å². The number of urea groups is 1. The summed E-state index contributed by atoms with van der Waals surface area (Å²) in [4.78, 5) is 40.6. The number of anilines is 3. The van der Waals surface area contributed by atoms with E-state index in [4.69, 9.17) is 14.7 Å². The number of aromatic nitrogens is 3. The van der Waals surface area contributed by atoms with E-state index < -0.39 is 6.03 Å². The number of carbonyl (C=O) groups excluding carboxylic acids is 1. The van der Waals surface area contributed by atoms with E-state index in [1.807, 2.05) is 24.3 Å². The van der Waals surface area contributed by atoms with Crippen LogP contribution < -0.4 is 21.1 Å². The number of aromatic amines is 1. The number of ether oxygens (including phenoxy) is 1. The Morgan fingerprint density at radius 3 is 2.71 bits per heavy atom. The number of H-pyrrole nitrogens is 1. The van der Waals surface area contributed by atoms with Gasteiger partial charge in [-0.2, -0.15) is 0 Å². The summed E-state index contributed by atoms with van der Waals surface area (Å²) in [7, 11) is 2.09. The van der Waals surface area contributed by atoms with Crippen molar-refractivity contribution >= 4 is 23.4 Å². The molecule has 3 aromatic rings. The zero-order valence-electron chi connectivity index (χ0n) is 19.2. The summed E-state index contributed by atoms with van der Waals surface area (Å²) < 4.78 is 5.62. The van der Waals surface area contributed by atoms with Crippen molar-refractivity contribution in [2.75, 3.05) is 42.3 Å². The molecule has 0 aliphatic carbocycles. The zero-order chi connectivity index (χ0) is 23.7. The second-order valence-electron chi connectivity index (χ2n) is 8.67. The molecule has 2 aliphatic heterocycles. The van der Waals surface area contributed by atoms with Crippen LogP contribution in [0, 0.1) is 0 Å². The Morgan fingerprint density at radius 1 is 1.12 bits per heavy atom. The van der Waals surface area contributed by atoms with Crippen molar-refractivity contribution in [2.24, 2.45) is 0 Å². The molecule has 3 N–H and O–H groups in total. The monoisotopic (exact) mass is 461 g/mol. The van der Waals surface area contributed by atoms with Gasteiger partial charge in [-0.05, 0) is 44.3 Å². The second kappa shape index (κ2) is 9.24. The highest BCUT2D eigenvalue weighted by atomic mass is 16.5. The normalized spacial score (nSPS) is 17.9. The molecule has 1 atom stereocenters. The first-order valence-corrected chi connectivity index (χ1v) is 11.3. The molecule has 0 unspecified atom stereocenters. The van der Waals surface area contributed by atoms with Gasteiger partial charge in [-0.25, -0.2) is 14.8 Å². The van der Waals surface area contributed by atoms with Crippen LogP contribution in [-0.2, 0) is 17.8 Å². The fourth-order valence-corrected chi connectivity index (χ4v) is 4.31. The number of morpholine rings is 1. The van der Waals surface area contributed by atoms with Crippen LogP contribution in [0.25, 0.3) is 11.4 Å². The number of pyridine rings is 1. The van der Waals surface area contributed by atoms with Gasteiger partial charge in [0.1, 0.15) is 11.6 Å². The number of nitrogens with zero attached hydrogens (tertiary/aromatic N) is 4. The minimum Gasteiger partial charge on any atom is -0.377 e. The van der Waals surface area contributed by atoms with Crippen molar-refractivity contribution in [3.63, 3.8) is 0 Å². The third-order valence-electron chi connectivity index (χ3n) is 5.98. The summed E-state index contributed by atoms with van der Waals surface area (Å²) >= 11 is 0. The average Bonchev–Trinajstić information content (AvgIpc) is 3.19. The number of amides is 2. The fourth-order valence-electron chi connectivity index (χ4n) is 4.31. The third kappa shape index (κ3) is 4.63. The van der Waals surface area contributed by atoms with E-state index in [1.54, 1.807) is 12.1 Å². The van der Waals surface area contributed by atoms with E-state index in [0.29, 0.717) is 30.5 Å². The molecule has 0 radical (unpaired) electrons. The quantitative estimate of drug-likeness (QED) is 0.547. The van der Waals surface area contributed by atoms with Crippen molar-refractivity contribution < 1.29 is 9.53 Å². The first-order chi connectivity index (χ1) is 16.5. The SMILES string of the molecule is C[C@H]1COCCN1c1nc(-c2ccc(NC(=O)Nc3cccc(=O)[nH]3)cc2)nc2c1CN(C)C2. The van der Waals surface area contributed by atoms with Crippen LogP contribution in [0.15, 0.2) is 47.3 Å². The van der Waals surface area contributed by atoms with Crippen LogP contribution in [0.3, 0.4) is 0 Å². The number of benzene rings is 1. The molecule has 1 fully saturated rings. The third-order valence-corrected chi connectivity index (χ3v) is 5.98. The number of rotatable bonds is 4. The van der Waals surface area contributed by atoms with Crippen molar-refractivity contribution in [1.82, 2.24) is 19.9 Å². The molecule has 1 aromatic carbocycles. The van der Waals surface area contributed by atoms with Crippen LogP contribution in [0.4, 0.5) is 22.1 Å². The molecular weight excluding hydrogens is 434 g/mol. The molecular formula is C24H27N7O3. The Bertz CT molecular complexity index is 1260. The van der Waals surface area contributed by atoms with Crippen molar-refractivity contribution in [3.05, 3.63) is 64.1 Å². The first-order valence-electron chi connectivity index (χ1n) is 11.3. The lowest BCUT2D eigenvalue weighted by Gasteiger charge is -2.35. The maximum Gasteiger partial charge on any atom is 0.324 e. The lowest BCUT2D eigenvalue weighted by molar-refractivity contribution is 0.0984. The molecule has 2 aliphatic rings. The smallest absolute Gasteiger partial charge is 0.324 e. The fraction of sp³-hybridized carbons (Fsp3) is 0.333. The number of nitrogens with one attached hydrogen (secondary N) is 3. The van der Waals surface area contributed by atoms with Crippen LogP contribution in [0.5, 0.6) is 0 Å². The Labute approximate surface area is 197 Å². The van der Waals surface area contributed by atoms with E-state index in [9.17, 15) is 9.59 Å². The molecule has 1 saturated heterocycles. The van der Waals surface area contributed by atoms with Gasteiger partial charge in [0.25, 0.3) is 0 Å². The molecule has 0 saturated carbocycles. The lowest BCUT2D eigenvalue weighted by Crippen LogP contribution is -2.44. The van der Waals surface area contributed by atoms with Gasteiger partial charge >= 0.3 is 6.03 Å². The largest absolute Gasteiger partial charge is 0.377 e. The number of hydrogen-bond donors (Lipinski definition) is 3. The van der Waals surface area contributed by atoms with Crippen molar-refractivity contribution in [1.29, 1.82) is 0 Å². The van der Waals surface area contributed by atoms with E-state index in [1.165, 1.54) is 11.6 Å². The maximum absolute atomic E-state index is 12.3. The van der Waals surface area contributed by atoms with Gasteiger partial charge < -0.3 is 19.9 Å². The molecule has 2 amide bonds. The predicted molar refractivity (Wildman–Crippen MR) is 130 cm³/mol. The summed E-state index contributed by atoms with van der Waals surface area (Å²) in [6.07, 6.45) is 0. The standard InChI is InChI=1S/C24H27N7O3/c1-15-14-34-11-10-31(15)23-18-12-30(2)13-19(18)26-22(29-23)16-6-8-17(9-7-16)25-24(33)28-20-4-3-5-21(32)27-20/h3-9,15H,10-14H2,1-2H3,(H3,25,27,28,32,33)/t15-/m0/s1. The van der Waals surface area contributed by atoms with Gasteiger partial charge in [-0.15, -0.1) is 0 Å². The summed E-state index contributed by atoms with van der Waals surface area (Å²) in [5, 5.41) is 5.37. The topological polar surface area (TPSA) is 115 Å². The molecule has 34 heavy (non-hydrogen) atoms. The molecule has 176 valence electrons. The van der Waals surface area contributed by atoms with Gasteiger partial charge in [0, 0.05) is 42.5 Å². The molecule has 4 heterocycles. The highest BCUT2D eigenvalue weighted by molar-refractivity contribution is 5.99. The number of fused-ring (bicyclic) bond motifs is 1. The zero-order valence-corrected chi connectivity index (χ0v) is 19.2. The highest BCUT2D eigenvalue weighted by Gasteiger charge is 2.29. The predicted octanol–water partition coefficient (Wildman–Crippen LogP) is 2.65. The Morgan fingerprint density at radius 2 is 1.94 bits per heavy atom. The van der Waals surface area contributed by atoms with E-state index in [2.05, 4.69) is 39.4 Å². The minimum absolute atomic E-state index is 0.246. The summed E-state index contributed by atoms with van der Waals surface area (Å²) in [6, 6.07) is 11.8. The number of hydrogen-bond acceptors (Lipinski definition) is 7. The molecule has 10 heteroatoms. The Hall–Kier alpha value is -3.76. The number of carbonyl (C=O) groups is 1. The maximum atomic E-state index is 12.3. The van der Waals surface area contributed by atoms with Crippen molar-refractivity contribution in [2.45, 2.75) is 26.1 Å². The lowest BCUT2D eigenvalue weighted by atomic mass is 10.1. The minimum atomic E-state index is -0.449. The Kier molecular flexibility index (Phi) is 5.99. The van der Waals surface area contributed by atoms with E-state index >= 15 is 0 Å². The van der Waals surface area contributed by atoms with Gasteiger partial charge in [0.05, 0.1) is 24.9 Å². The summed E-state index contributed by atoms with van der Waals surface area (Å²) in [5.74, 6) is 1.97. The summed E-state index contributed by atoms with van der Waals surface area (Å²) in [5.41, 5.74) is 3.45. The van der Waals surface area contributed by atoms with E-state index in [-0.39, 0.29) is 11.6 Å². The second-order valence-corrected chi connectivity index (χ2v) is 8.67. The molecule has 5 rings (SSSR count). The van der Waals surface area contributed by atoms with Crippen LogP contribution in [0.2, 0.25) is 0 Å². The van der Waals surface area contributed by atoms with Crippen LogP contribution in [0.1, 0.15) is 18.2 Å². The van der Waals surface area contributed by atoms with Gasteiger partial charge in [0.15, 0.2) is 5.82 Å². The average molecular weight is 462 g/mol. The van der Waals surface area contributed by atoms with Crippen LogP contribution >= 0.6 is 0 Å². The summed E-state index contributed by atoms with van der Waals surface area (Å²) in [6.45, 7) is 5.95. The molecule has 0 bridgehead atoms. The van der Waals surface area contributed by atoms with Crippen LogP contribution in [-0.4, -0.2) is 58.7 Å². The van der Waals surface area contributed by atoms with Gasteiger partial charge in [-0.3, -0.25) is 15.0 Å². The highest BCUT2D eigenvalue weighted by Crippen LogP contribution is 2.33. The molecule has 10 nitrogen and oxygen atoms in total. The van der Waals surface area contributed by atoms with Gasteiger partial charge in [-0.1, -0.05) is 6.07 Å². The first kappa shape index (κ1) is 22.1.